The first kappa shape index (κ1) is 11.7. The molecule has 1 aliphatic heterocycles. The van der Waals surface area contributed by atoms with E-state index >= 15 is 0 Å². The van der Waals surface area contributed by atoms with Crippen LogP contribution in [-0.2, 0) is 4.79 Å². The van der Waals surface area contributed by atoms with E-state index in [0.29, 0.717) is 24.1 Å². The zero-order valence-electron chi connectivity index (χ0n) is 10.4. The number of aromatic nitrogens is 1. The van der Waals surface area contributed by atoms with Gasteiger partial charge in [0.25, 0.3) is 0 Å². The second kappa shape index (κ2) is 4.72. The number of hydrogen-bond donors (Lipinski definition) is 2. The van der Waals surface area contributed by atoms with Crippen molar-refractivity contribution in [3.63, 3.8) is 0 Å². The molecule has 0 radical (unpaired) electrons. The summed E-state index contributed by atoms with van der Waals surface area (Å²) in [7, 11) is 0. The average molecular weight is 254 g/mol. The number of carbonyl (C=O) groups is 2. The summed E-state index contributed by atoms with van der Waals surface area (Å²) in [5.41, 5.74) is 2.34. The molecule has 0 aliphatic carbocycles. The molecule has 4 heteroatoms. The fourth-order valence-corrected chi connectivity index (χ4v) is 2.36. The van der Waals surface area contributed by atoms with Gasteiger partial charge in [-0.25, -0.2) is 0 Å². The summed E-state index contributed by atoms with van der Waals surface area (Å²) in [6, 6.07) is 7.70. The molecular formula is C15H14N2O2. The standard InChI is InChI=1S/C15H14N2O2/c18-14(8-10-4-3-7-15(19)17-10)12-9-16-13-6-2-1-5-11(12)13/h1-2,4-6,9,16H,3,7-8H2,(H,17,19). The molecule has 2 N–H and O–H groups in total. The van der Waals surface area contributed by atoms with Crippen LogP contribution in [0.25, 0.3) is 10.9 Å². The van der Waals surface area contributed by atoms with Gasteiger partial charge in [-0.05, 0) is 12.5 Å². The fourth-order valence-electron chi connectivity index (χ4n) is 2.36. The third kappa shape index (κ3) is 2.29. The van der Waals surface area contributed by atoms with E-state index in [4.69, 9.17) is 0 Å². The van der Waals surface area contributed by atoms with Crippen LogP contribution in [0.2, 0.25) is 0 Å². The van der Waals surface area contributed by atoms with Crippen molar-refractivity contribution in [1.29, 1.82) is 0 Å². The molecule has 1 aliphatic rings. The molecule has 1 aromatic carbocycles. The highest BCUT2D eigenvalue weighted by Gasteiger charge is 2.16. The first-order chi connectivity index (χ1) is 9.24. The van der Waals surface area contributed by atoms with Gasteiger partial charge < -0.3 is 10.3 Å². The van der Waals surface area contributed by atoms with Crippen LogP contribution in [0, 0.1) is 0 Å². The minimum Gasteiger partial charge on any atom is -0.360 e. The van der Waals surface area contributed by atoms with Crippen LogP contribution in [-0.4, -0.2) is 16.7 Å². The van der Waals surface area contributed by atoms with Gasteiger partial charge in [0.15, 0.2) is 5.78 Å². The van der Waals surface area contributed by atoms with Gasteiger partial charge in [0.1, 0.15) is 0 Å². The molecule has 19 heavy (non-hydrogen) atoms. The maximum absolute atomic E-state index is 12.3. The van der Waals surface area contributed by atoms with Crippen molar-refractivity contribution in [3.8, 4) is 0 Å². The lowest BCUT2D eigenvalue weighted by Gasteiger charge is -2.13. The summed E-state index contributed by atoms with van der Waals surface area (Å²) in [6.45, 7) is 0. The third-order valence-electron chi connectivity index (χ3n) is 3.30. The van der Waals surface area contributed by atoms with Crippen LogP contribution in [0.5, 0.6) is 0 Å². The zero-order chi connectivity index (χ0) is 13.2. The van der Waals surface area contributed by atoms with E-state index < -0.39 is 0 Å². The van der Waals surface area contributed by atoms with Crippen LogP contribution >= 0.6 is 0 Å². The second-order valence-electron chi connectivity index (χ2n) is 4.66. The molecule has 0 saturated carbocycles. The van der Waals surface area contributed by atoms with Gasteiger partial charge in [0.2, 0.25) is 5.91 Å². The Morgan fingerprint density at radius 3 is 2.95 bits per heavy atom. The van der Waals surface area contributed by atoms with Crippen molar-refractivity contribution in [3.05, 3.63) is 47.8 Å². The predicted molar refractivity (Wildman–Crippen MR) is 72.7 cm³/mol. The number of allylic oxidation sites excluding steroid dienone is 2. The molecule has 4 nitrogen and oxygen atoms in total. The number of rotatable bonds is 3. The highest BCUT2D eigenvalue weighted by atomic mass is 16.1. The molecule has 0 fully saturated rings. The lowest BCUT2D eigenvalue weighted by molar-refractivity contribution is -0.120. The van der Waals surface area contributed by atoms with Crippen molar-refractivity contribution in [2.75, 3.05) is 0 Å². The van der Waals surface area contributed by atoms with Crippen molar-refractivity contribution in [2.24, 2.45) is 0 Å². The summed E-state index contributed by atoms with van der Waals surface area (Å²) in [5.74, 6) is 0.00938. The molecule has 1 amide bonds. The van der Waals surface area contributed by atoms with Crippen LogP contribution in [0.3, 0.4) is 0 Å². The molecule has 2 heterocycles. The van der Waals surface area contributed by atoms with Gasteiger partial charge >= 0.3 is 0 Å². The molecule has 0 saturated heterocycles. The lowest BCUT2D eigenvalue weighted by atomic mass is 10.0. The van der Waals surface area contributed by atoms with Crippen LogP contribution < -0.4 is 5.32 Å². The quantitative estimate of drug-likeness (QED) is 0.827. The normalized spacial score (nSPS) is 15.2. The Balaban J connectivity index is 1.84. The van der Waals surface area contributed by atoms with Crippen molar-refractivity contribution >= 4 is 22.6 Å². The number of para-hydroxylation sites is 1. The Morgan fingerprint density at radius 2 is 2.11 bits per heavy atom. The summed E-state index contributed by atoms with van der Waals surface area (Å²) in [5, 5.41) is 3.67. The van der Waals surface area contributed by atoms with E-state index in [1.807, 2.05) is 30.3 Å². The molecule has 1 aromatic heterocycles. The number of carbonyl (C=O) groups excluding carboxylic acids is 2. The topological polar surface area (TPSA) is 62.0 Å². The second-order valence-corrected chi connectivity index (χ2v) is 4.66. The monoisotopic (exact) mass is 254 g/mol. The molecular weight excluding hydrogens is 240 g/mol. The van der Waals surface area contributed by atoms with E-state index in [9.17, 15) is 9.59 Å². The smallest absolute Gasteiger partial charge is 0.224 e. The van der Waals surface area contributed by atoms with Crippen LogP contribution in [0.15, 0.2) is 42.2 Å². The number of aromatic amines is 1. The number of H-pyrrole nitrogens is 1. The number of benzene rings is 1. The molecule has 2 aromatic rings. The molecule has 96 valence electrons. The molecule has 0 atom stereocenters. The predicted octanol–water partition coefficient (Wildman–Crippen LogP) is 2.53. The Labute approximate surface area is 110 Å². The highest BCUT2D eigenvalue weighted by Crippen LogP contribution is 2.21. The van der Waals surface area contributed by atoms with Gasteiger partial charge in [-0.2, -0.15) is 0 Å². The minimum absolute atomic E-state index is 0.00998. The largest absolute Gasteiger partial charge is 0.360 e. The minimum atomic E-state index is -0.00998. The van der Waals surface area contributed by atoms with Gasteiger partial charge in [-0.3, -0.25) is 9.59 Å². The molecule has 0 bridgehead atoms. The van der Waals surface area contributed by atoms with E-state index in [0.717, 1.165) is 10.9 Å². The Bertz CT molecular complexity index is 682. The first-order valence-corrected chi connectivity index (χ1v) is 6.32. The number of amides is 1. The van der Waals surface area contributed by atoms with Crippen molar-refractivity contribution in [1.82, 2.24) is 10.3 Å². The molecule has 0 spiro atoms. The number of nitrogens with one attached hydrogen (secondary N) is 2. The summed E-state index contributed by atoms with van der Waals surface area (Å²) >= 11 is 0. The van der Waals surface area contributed by atoms with Crippen molar-refractivity contribution < 1.29 is 9.59 Å². The summed E-state index contributed by atoms with van der Waals surface area (Å²) in [4.78, 5) is 26.7. The Hall–Kier alpha value is -2.36. The molecule has 3 rings (SSSR count). The van der Waals surface area contributed by atoms with E-state index in [-0.39, 0.29) is 18.1 Å². The van der Waals surface area contributed by atoms with Gasteiger partial charge in [0.05, 0.1) is 6.42 Å². The van der Waals surface area contributed by atoms with E-state index in [1.165, 1.54) is 0 Å². The fraction of sp³-hybridized carbons (Fsp3) is 0.200. The number of hydrogen-bond acceptors (Lipinski definition) is 2. The summed E-state index contributed by atoms with van der Waals surface area (Å²) in [6.07, 6.45) is 5.12. The number of fused-ring (bicyclic) bond motifs is 1. The Morgan fingerprint density at radius 1 is 1.26 bits per heavy atom. The maximum atomic E-state index is 12.3. The van der Waals surface area contributed by atoms with Crippen molar-refractivity contribution in [2.45, 2.75) is 19.3 Å². The van der Waals surface area contributed by atoms with Crippen LogP contribution in [0.4, 0.5) is 0 Å². The van der Waals surface area contributed by atoms with Gasteiger partial charge in [-0.15, -0.1) is 0 Å². The van der Waals surface area contributed by atoms with Gasteiger partial charge in [0, 0.05) is 34.8 Å². The highest BCUT2D eigenvalue weighted by molar-refractivity contribution is 6.08. The number of Topliss-reactive ketones (excluding diaryl/α,β-unsaturated/α-hetero) is 1. The third-order valence-corrected chi connectivity index (χ3v) is 3.30. The Kier molecular flexibility index (Phi) is 2.91. The van der Waals surface area contributed by atoms with Gasteiger partial charge in [-0.1, -0.05) is 24.3 Å². The molecule has 0 unspecified atom stereocenters. The first-order valence-electron chi connectivity index (χ1n) is 6.32. The summed E-state index contributed by atoms with van der Waals surface area (Å²) < 4.78 is 0. The maximum Gasteiger partial charge on any atom is 0.224 e. The zero-order valence-corrected chi connectivity index (χ0v) is 10.4. The SMILES string of the molecule is O=C1CCC=C(CC(=O)c2c[nH]c3ccccc23)N1. The van der Waals surface area contributed by atoms with E-state index in [2.05, 4.69) is 10.3 Å². The van der Waals surface area contributed by atoms with Crippen LogP contribution in [0.1, 0.15) is 29.6 Å². The number of ketones is 1. The van der Waals surface area contributed by atoms with E-state index in [1.54, 1.807) is 6.20 Å². The lowest BCUT2D eigenvalue weighted by Crippen LogP contribution is -2.26. The average Bonchev–Trinajstić information content (AvgIpc) is 2.82.